The van der Waals surface area contributed by atoms with Crippen molar-refractivity contribution in [1.82, 2.24) is 40.4 Å². The Kier molecular flexibility index (Phi) is 14.3. The van der Waals surface area contributed by atoms with Crippen molar-refractivity contribution in [2.45, 2.75) is 123 Å². The van der Waals surface area contributed by atoms with Gasteiger partial charge in [0, 0.05) is 19.7 Å². The molecule has 4 N–H and O–H groups in total. The first-order valence-electron chi connectivity index (χ1n) is 23.9. The fourth-order valence-corrected chi connectivity index (χ4v) is 10.3. The van der Waals surface area contributed by atoms with Crippen molar-refractivity contribution >= 4 is 46.1 Å². The highest BCUT2D eigenvalue weighted by molar-refractivity contribution is 5.89. The standard InChI is InChI=1S/C51H66N8O7/c1-29(2)44(56-50(62)64-6)48(60)58-23-9-15-42(58)46-52-38-21-17-32(26-40(38)54-46)34-19-20-35(37-28-66-25-11-13-31(5)12-8-14-36(34)37)33-18-22-39-41(27-33)55-47(53-39)43-16-10-24-59(43)49(61)45(30(3)4)57-51(63)65-7/h17-22,26-27,29-31,42-45H,8-16,23-25,28H2,1-7H3,(H,52,54)(H,53,55)(H,56,62)(H,57,63)/t31?,42?,43?,44-,45?/m0/s1. The zero-order valence-corrected chi connectivity index (χ0v) is 39.5. The van der Waals surface area contributed by atoms with Gasteiger partial charge in [-0.2, -0.15) is 0 Å². The third kappa shape index (κ3) is 9.77. The molecule has 0 aliphatic carbocycles. The second-order valence-electron chi connectivity index (χ2n) is 19.1. The van der Waals surface area contributed by atoms with E-state index in [1.165, 1.54) is 25.3 Å². The number of nitrogens with one attached hydrogen (secondary N) is 4. The number of hydrogen-bond donors (Lipinski definition) is 4. The minimum atomic E-state index is -0.708. The number of aromatic amines is 2. The zero-order valence-electron chi connectivity index (χ0n) is 39.5. The molecule has 0 spiro atoms. The fraction of sp³-hybridized carbons (Fsp3) is 0.529. The lowest BCUT2D eigenvalue weighted by atomic mass is 9.86. The summed E-state index contributed by atoms with van der Waals surface area (Å²) in [4.78, 5) is 73.0. The molecule has 15 heteroatoms. The molecule has 3 aliphatic heterocycles. The Bertz CT molecular complexity index is 2560. The molecule has 2 saturated heterocycles. The van der Waals surface area contributed by atoms with Crippen molar-refractivity contribution in [1.29, 1.82) is 0 Å². The van der Waals surface area contributed by atoms with Crippen molar-refractivity contribution in [2.75, 3.05) is 33.9 Å². The molecule has 5 heterocycles. The Hall–Kier alpha value is -5.96. The first-order chi connectivity index (χ1) is 31.8. The molecule has 2 fully saturated rings. The van der Waals surface area contributed by atoms with Crippen molar-refractivity contribution < 1.29 is 33.4 Å². The maximum absolute atomic E-state index is 13.9. The summed E-state index contributed by atoms with van der Waals surface area (Å²) in [6.45, 7) is 12.4. The Labute approximate surface area is 387 Å². The third-order valence-electron chi connectivity index (χ3n) is 13.9. The highest BCUT2D eigenvalue weighted by atomic mass is 16.5. The molecular weight excluding hydrogens is 837 g/mol. The Morgan fingerprint density at radius 3 is 1.64 bits per heavy atom. The number of imidazole rings is 2. The molecule has 2 aromatic heterocycles. The van der Waals surface area contributed by atoms with Gasteiger partial charge in [0.1, 0.15) is 23.7 Å². The lowest BCUT2D eigenvalue weighted by Crippen LogP contribution is -2.51. The van der Waals surface area contributed by atoms with E-state index < -0.39 is 24.3 Å². The van der Waals surface area contributed by atoms with Gasteiger partial charge in [-0.1, -0.05) is 65.3 Å². The normalized spacial score (nSPS) is 20.3. The van der Waals surface area contributed by atoms with Crippen molar-refractivity contribution in [3.05, 3.63) is 71.3 Å². The number of carbonyl (C=O) groups is 4. The first kappa shape index (κ1) is 46.6. The smallest absolute Gasteiger partial charge is 0.407 e. The van der Waals surface area contributed by atoms with Crippen molar-refractivity contribution in [3.63, 3.8) is 0 Å². The number of H-pyrrole nitrogens is 2. The van der Waals surface area contributed by atoms with Gasteiger partial charge in [0.25, 0.3) is 0 Å². The van der Waals surface area contributed by atoms with Crippen LogP contribution in [0.4, 0.5) is 9.59 Å². The number of fused-ring (bicyclic) bond motifs is 3. The van der Waals surface area contributed by atoms with E-state index in [0.717, 1.165) is 114 Å². The maximum atomic E-state index is 13.9. The minimum absolute atomic E-state index is 0.121. The molecule has 3 aliphatic rings. The second-order valence-corrected chi connectivity index (χ2v) is 19.1. The highest BCUT2D eigenvalue weighted by Gasteiger charge is 2.39. The van der Waals surface area contributed by atoms with E-state index in [0.29, 0.717) is 32.2 Å². The quantitative estimate of drug-likeness (QED) is 0.106. The SMILES string of the molecule is COC(=O)NC(C(=O)N1CCCC1c1nc2ccc(-c3ccc(-c4ccc5nc(C6CCCN6C(=O)[C@@H](NC(=O)OC)C(C)C)[nH]c5c4)c4c3COCCCC(C)CCC4)cc2[nH]1)C(C)C. The predicted molar refractivity (Wildman–Crippen MR) is 253 cm³/mol. The lowest BCUT2D eigenvalue weighted by molar-refractivity contribution is -0.136. The van der Waals surface area contributed by atoms with Crippen LogP contribution in [0.1, 0.15) is 121 Å². The van der Waals surface area contributed by atoms with E-state index in [1.807, 2.05) is 37.5 Å². The number of carbonyl (C=O) groups excluding carboxylic acids is 4. The molecule has 5 aromatic rings. The summed E-state index contributed by atoms with van der Waals surface area (Å²) in [5, 5.41) is 5.48. The Morgan fingerprint density at radius 1 is 0.667 bits per heavy atom. The zero-order chi connectivity index (χ0) is 46.6. The van der Waals surface area contributed by atoms with E-state index in [4.69, 9.17) is 24.2 Å². The highest BCUT2D eigenvalue weighted by Crippen LogP contribution is 2.40. The van der Waals surface area contributed by atoms with Crippen LogP contribution in [0.15, 0.2) is 48.5 Å². The summed E-state index contributed by atoms with van der Waals surface area (Å²) in [6.07, 6.45) is 7.23. The summed E-state index contributed by atoms with van der Waals surface area (Å²) in [5.74, 6) is 1.57. The average molecular weight is 903 g/mol. The van der Waals surface area contributed by atoms with E-state index in [-0.39, 0.29) is 35.7 Å². The van der Waals surface area contributed by atoms with Crippen LogP contribution in [0.3, 0.4) is 0 Å². The Morgan fingerprint density at radius 2 is 1.15 bits per heavy atom. The van der Waals surface area contributed by atoms with E-state index in [2.05, 4.69) is 76.1 Å². The topological polar surface area (TPSA) is 184 Å². The van der Waals surface area contributed by atoms with Gasteiger partial charge in [0.2, 0.25) is 11.8 Å². The number of benzene rings is 3. The van der Waals surface area contributed by atoms with Gasteiger partial charge in [-0.05, 0) is 127 Å². The summed E-state index contributed by atoms with van der Waals surface area (Å²) in [7, 11) is 2.60. The van der Waals surface area contributed by atoms with Gasteiger partial charge in [-0.15, -0.1) is 0 Å². The number of ether oxygens (including phenoxy) is 3. The van der Waals surface area contributed by atoms with Crippen molar-refractivity contribution in [2.24, 2.45) is 17.8 Å². The number of likely N-dealkylation sites (tertiary alicyclic amines) is 2. The summed E-state index contributed by atoms with van der Waals surface area (Å²) >= 11 is 0. The van der Waals surface area contributed by atoms with Gasteiger partial charge in [-0.3, -0.25) is 9.59 Å². The monoisotopic (exact) mass is 903 g/mol. The molecule has 3 aromatic carbocycles. The van der Waals surface area contributed by atoms with Gasteiger partial charge in [0.15, 0.2) is 0 Å². The van der Waals surface area contributed by atoms with Crippen LogP contribution >= 0.6 is 0 Å². The van der Waals surface area contributed by atoms with Crippen LogP contribution in [0.25, 0.3) is 44.3 Å². The summed E-state index contributed by atoms with van der Waals surface area (Å²) in [5.41, 5.74) is 10.3. The molecule has 4 amide bonds. The van der Waals surface area contributed by atoms with E-state index in [9.17, 15) is 19.2 Å². The lowest BCUT2D eigenvalue weighted by Gasteiger charge is -2.29. The second kappa shape index (κ2) is 20.3. The molecule has 5 atom stereocenters. The molecule has 0 saturated carbocycles. The van der Waals surface area contributed by atoms with Crippen LogP contribution in [0, 0.1) is 17.8 Å². The van der Waals surface area contributed by atoms with Gasteiger partial charge in [0.05, 0.1) is 55.0 Å². The number of methoxy groups -OCH3 is 2. The van der Waals surface area contributed by atoms with Gasteiger partial charge < -0.3 is 44.6 Å². The number of amides is 4. The third-order valence-corrected chi connectivity index (χ3v) is 13.9. The largest absolute Gasteiger partial charge is 0.453 e. The maximum Gasteiger partial charge on any atom is 0.407 e. The van der Waals surface area contributed by atoms with Crippen LogP contribution < -0.4 is 10.6 Å². The van der Waals surface area contributed by atoms with E-state index in [1.54, 1.807) is 0 Å². The number of rotatable bonds is 10. The minimum Gasteiger partial charge on any atom is -0.453 e. The van der Waals surface area contributed by atoms with Gasteiger partial charge in [-0.25, -0.2) is 19.6 Å². The predicted octanol–water partition coefficient (Wildman–Crippen LogP) is 9.13. The number of nitrogens with zero attached hydrogens (tertiary/aromatic N) is 4. The average Bonchev–Trinajstić information content (AvgIpc) is 4.14. The molecule has 15 nitrogen and oxygen atoms in total. The number of alkyl carbamates (subject to hydrolysis) is 2. The molecule has 0 radical (unpaired) electrons. The molecular formula is C51H66N8O7. The van der Waals surface area contributed by atoms with Crippen LogP contribution in [-0.2, 0) is 36.8 Å². The van der Waals surface area contributed by atoms with Gasteiger partial charge >= 0.3 is 12.2 Å². The molecule has 66 heavy (non-hydrogen) atoms. The molecule has 4 unspecified atom stereocenters. The molecule has 8 rings (SSSR count). The van der Waals surface area contributed by atoms with Crippen LogP contribution in [0.2, 0.25) is 0 Å². The fourth-order valence-electron chi connectivity index (χ4n) is 10.3. The van der Waals surface area contributed by atoms with E-state index >= 15 is 0 Å². The number of aromatic nitrogens is 4. The summed E-state index contributed by atoms with van der Waals surface area (Å²) in [6, 6.07) is 15.3. The molecule has 0 bridgehead atoms. The van der Waals surface area contributed by atoms with Crippen molar-refractivity contribution in [3.8, 4) is 22.3 Å². The molecule has 352 valence electrons. The number of hydrogen-bond acceptors (Lipinski definition) is 9. The van der Waals surface area contributed by atoms with Crippen LogP contribution in [0.5, 0.6) is 0 Å². The summed E-state index contributed by atoms with van der Waals surface area (Å²) < 4.78 is 16.2. The van der Waals surface area contributed by atoms with Crippen LogP contribution in [-0.4, -0.2) is 99.7 Å². The Balaban J connectivity index is 1.12. The first-order valence-corrected chi connectivity index (χ1v) is 23.9.